The second-order valence-electron chi connectivity index (χ2n) is 19.0. The lowest BCUT2D eigenvalue weighted by atomic mass is 10.0. The zero-order valence-electron chi connectivity index (χ0n) is 43.9. The van der Waals surface area contributed by atoms with Gasteiger partial charge >= 0.3 is 42.1 Å². The van der Waals surface area contributed by atoms with Crippen LogP contribution in [0.1, 0.15) is 60.8 Å². The number of carboxylic acids is 5. The van der Waals surface area contributed by atoms with Crippen molar-refractivity contribution in [3.05, 3.63) is 70.8 Å². The summed E-state index contributed by atoms with van der Waals surface area (Å²) < 4.78 is 0. The van der Waals surface area contributed by atoms with Gasteiger partial charge in [0.15, 0.2) is 0 Å². The maximum absolute atomic E-state index is 11.5. The molecule has 2 aromatic rings. The fourth-order valence-corrected chi connectivity index (χ4v) is 9.09. The van der Waals surface area contributed by atoms with Crippen molar-refractivity contribution in [1.29, 1.82) is 0 Å². The number of benzene rings is 2. The highest BCUT2D eigenvalue weighted by molar-refractivity contribution is 5.72. The molecule has 2 unspecified atom stereocenters. The van der Waals surface area contributed by atoms with Gasteiger partial charge in [0.2, 0.25) is 0 Å². The van der Waals surface area contributed by atoms with Crippen molar-refractivity contribution in [3.8, 4) is 0 Å². The molecule has 2 aromatic carbocycles. The van der Waals surface area contributed by atoms with E-state index >= 15 is 0 Å². The summed E-state index contributed by atoms with van der Waals surface area (Å²) in [5, 5.41) is 49.7. The molecule has 74 heavy (non-hydrogen) atoms. The third-order valence-electron chi connectivity index (χ3n) is 12.5. The summed E-state index contributed by atoms with van der Waals surface area (Å²) in [7, 11) is 4.19. The Balaban J connectivity index is 0.000000672. The first-order valence-corrected chi connectivity index (χ1v) is 25.2. The monoisotopic (exact) mass is 1040 g/mol. The first-order chi connectivity index (χ1) is 35.3. The van der Waals surface area contributed by atoms with Gasteiger partial charge in [0.05, 0.1) is 32.7 Å². The molecule has 2 saturated heterocycles. The van der Waals surface area contributed by atoms with Crippen molar-refractivity contribution in [2.45, 2.75) is 77.3 Å². The van der Waals surface area contributed by atoms with Gasteiger partial charge in [-0.1, -0.05) is 59.7 Å². The van der Waals surface area contributed by atoms with E-state index in [1.165, 1.54) is 16.0 Å². The molecule has 0 amide bonds. The van der Waals surface area contributed by atoms with Crippen LogP contribution in [0.25, 0.3) is 0 Å². The molecule has 6 N–H and O–H groups in total. The highest BCUT2D eigenvalue weighted by Gasteiger charge is 2.26. The van der Waals surface area contributed by atoms with Gasteiger partial charge in [0, 0.05) is 25.2 Å². The van der Waals surface area contributed by atoms with Crippen LogP contribution in [0.5, 0.6) is 0 Å². The van der Waals surface area contributed by atoms with Crippen molar-refractivity contribution in [1.82, 2.24) is 39.6 Å². The Labute approximate surface area is 435 Å². The molecule has 0 radical (unpaired) electrons. The molecular weight excluding hydrogens is 961 g/mol. The Kier molecular flexibility index (Phi) is 35.5. The van der Waals surface area contributed by atoms with Gasteiger partial charge < -0.3 is 45.5 Å². The molecule has 0 aromatic heterocycles. The predicted molar refractivity (Wildman–Crippen MR) is 274 cm³/mol. The maximum atomic E-state index is 11.5. The molecule has 2 fully saturated rings. The van der Waals surface area contributed by atoms with E-state index in [1.54, 1.807) is 0 Å². The Hall–Kier alpha value is -5.77. The van der Waals surface area contributed by atoms with Gasteiger partial charge in [0.1, 0.15) is 0 Å². The molecule has 0 aliphatic carbocycles. The van der Waals surface area contributed by atoms with Crippen molar-refractivity contribution in [3.63, 3.8) is 0 Å². The molecule has 2 aliphatic rings. The number of rotatable bonds is 20. The van der Waals surface area contributed by atoms with Gasteiger partial charge in [-0.2, -0.15) is 19.2 Å². The van der Waals surface area contributed by atoms with E-state index in [4.69, 9.17) is 19.2 Å². The number of nitrogens with one attached hydrogen (secondary N) is 1. The Morgan fingerprint density at radius 3 is 1.24 bits per heavy atom. The second-order valence-corrected chi connectivity index (χ2v) is 19.0. The summed E-state index contributed by atoms with van der Waals surface area (Å²) in [4.78, 5) is 104. The van der Waals surface area contributed by atoms with Crippen LogP contribution in [-0.2, 0) is 56.0 Å². The Morgan fingerprint density at radius 2 is 0.865 bits per heavy atom. The zero-order valence-corrected chi connectivity index (χ0v) is 43.9. The van der Waals surface area contributed by atoms with Crippen LogP contribution >= 0.6 is 0 Å². The van der Waals surface area contributed by atoms with Gasteiger partial charge in [-0.25, -0.2) is 0 Å². The summed E-state index contributed by atoms with van der Waals surface area (Å²) in [6, 6.07) is 16.6. The summed E-state index contributed by atoms with van der Waals surface area (Å²) in [6.07, 6.45) is 7.53. The van der Waals surface area contributed by atoms with Crippen LogP contribution in [0.4, 0.5) is 0 Å². The molecule has 4 rings (SSSR count). The molecule has 22 heteroatoms. The molecule has 22 nitrogen and oxygen atoms in total. The topological polar surface area (TPSA) is 289 Å². The fraction of sp³-hybridized carbons (Fsp3) is 0.635. The largest absolute Gasteiger partial charge is 0.480 e. The number of hydrogen-bond acceptors (Lipinski definition) is 17. The van der Waals surface area contributed by atoms with Crippen LogP contribution in [0, 0.1) is 13.8 Å². The average Bonchev–Trinajstić information content (AvgIpc) is 3.30. The highest BCUT2D eigenvalue weighted by atomic mass is 16.4. The van der Waals surface area contributed by atoms with Crippen LogP contribution in [0.3, 0.4) is 0 Å². The average molecular weight is 1040 g/mol. The van der Waals surface area contributed by atoms with Gasteiger partial charge in [-0.15, -0.1) is 0 Å². The first-order valence-electron chi connectivity index (χ1n) is 25.2. The number of hydrogen-bond donors (Lipinski definition) is 6. The van der Waals surface area contributed by atoms with Crippen LogP contribution in [0.2, 0.25) is 0 Å². The third kappa shape index (κ3) is 33.9. The van der Waals surface area contributed by atoms with Crippen LogP contribution in [0.15, 0.2) is 48.5 Å². The van der Waals surface area contributed by atoms with Gasteiger partial charge in [-0.05, 0) is 169 Å². The molecule has 0 bridgehead atoms. The number of aryl methyl sites for hydroxylation is 2. The highest BCUT2D eigenvalue weighted by Crippen LogP contribution is 2.16. The summed E-state index contributed by atoms with van der Waals surface area (Å²) >= 11 is 0. The smallest absolute Gasteiger partial charge is 0.373 e. The summed E-state index contributed by atoms with van der Waals surface area (Å²) in [6.45, 7) is 14.6. The number of nitrogens with zero attached hydrogens (tertiary/aromatic N) is 7. The number of carbonyl (C=O) groups is 5. The quantitative estimate of drug-likeness (QED) is 0.109. The molecule has 0 saturated carbocycles. The minimum atomic E-state index is -1.05. The third-order valence-corrected chi connectivity index (χ3v) is 12.5. The van der Waals surface area contributed by atoms with Gasteiger partial charge in [-0.3, -0.25) is 43.6 Å². The van der Waals surface area contributed by atoms with Crippen molar-refractivity contribution < 1.29 is 68.7 Å². The van der Waals surface area contributed by atoms with E-state index in [1.807, 2.05) is 28.9 Å². The van der Waals surface area contributed by atoms with E-state index in [2.05, 4.69) is 82.3 Å². The second kappa shape index (κ2) is 39.7. The minimum absolute atomic E-state index is 0.0154. The van der Waals surface area contributed by atoms with E-state index in [0.717, 1.165) is 135 Å². The number of carboxylic acid groups (broad SMARTS) is 5. The van der Waals surface area contributed by atoms with Crippen LogP contribution in [-0.4, -0.2) is 253 Å². The zero-order chi connectivity index (χ0) is 55.3. The number of carbonyl (C=O) groups excluding carboxylic acids is 4. The predicted octanol–water partition coefficient (Wildman–Crippen LogP) is 1.40. The summed E-state index contributed by atoms with van der Waals surface area (Å²) in [5.41, 5.74) is 4.68. The normalized spacial score (nSPS) is 17.4. The molecule has 0 spiro atoms. The standard InChI is InChI=1S/C26H42N4O6.C24H40N4O4.2CO2/c1-21-6-8-22(9-7-21)16-23(17-29(19-25(33)34)20-26(35)36)30-14-4-11-27(2)10-3-12-28(13-5-15-30)18-24(31)32;1-20-6-8-21(9-7-20)16-22(25-17-23(29)30)18-27-12-3-10-26(2)11-4-13-28(15-5-14-27)19-24(31)32;2*2-1-3/h6-9,23H,3-5,10-20H2,1-2H3,(H,31,32)(H,33,34)(H,35,36);6-9,22,25H,3-5,10-19H2,1-2H3,(H,29,30)(H,31,32);;. The lowest BCUT2D eigenvalue weighted by molar-refractivity contribution is -0.193. The van der Waals surface area contributed by atoms with E-state index in [0.29, 0.717) is 19.5 Å². The Morgan fingerprint density at radius 1 is 0.514 bits per heavy atom. The van der Waals surface area contributed by atoms with Crippen LogP contribution < -0.4 is 5.32 Å². The van der Waals surface area contributed by atoms with E-state index < -0.39 is 29.8 Å². The Bertz CT molecular complexity index is 1960. The van der Waals surface area contributed by atoms with Crippen molar-refractivity contribution >= 4 is 42.1 Å². The minimum Gasteiger partial charge on any atom is -0.480 e. The fourth-order valence-electron chi connectivity index (χ4n) is 9.09. The summed E-state index contributed by atoms with van der Waals surface area (Å²) in [5.74, 6) is -4.56. The lowest BCUT2D eigenvalue weighted by Crippen LogP contribution is -2.49. The van der Waals surface area contributed by atoms with Gasteiger partial charge in [0.25, 0.3) is 0 Å². The SMILES string of the molecule is Cc1ccc(CC(CN(CC(=O)O)CC(=O)O)N2CCCN(C)CCCN(CC(=O)O)CCC2)cc1.Cc1ccc(CC(CN2CCCN(C)CCCN(CC(=O)O)CCC2)NCC(=O)O)cc1.O=C=O.O=C=O. The molecule has 414 valence electrons. The first kappa shape index (κ1) is 66.2. The molecule has 2 aliphatic heterocycles. The number of aliphatic carboxylic acids is 5. The lowest BCUT2D eigenvalue weighted by Gasteiger charge is -2.36. The molecule has 2 heterocycles. The van der Waals surface area contributed by atoms with E-state index in [-0.39, 0.29) is 57.1 Å². The molecule has 2 atom stereocenters. The molecular formula is C52H82N8O14. The van der Waals surface area contributed by atoms with Crippen molar-refractivity contribution in [2.75, 3.05) is 138 Å². The maximum Gasteiger partial charge on any atom is 0.373 e. The van der Waals surface area contributed by atoms with E-state index in [9.17, 15) is 49.5 Å². The van der Waals surface area contributed by atoms with Crippen molar-refractivity contribution in [2.24, 2.45) is 0 Å².